The first-order valence-corrected chi connectivity index (χ1v) is 8.32. The van der Waals surface area contributed by atoms with Gasteiger partial charge in [-0.15, -0.1) is 0 Å². The van der Waals surface area contributed by atoms with E-state index in [-0.39, 0.29) is 5.56 Å². The number of rotatable bonds is 7. The van der Waals surface area contributed by atoms with E-state index in [1.807, 2.05) is 26.0 Å². The summed E-state index contributed by atoms with van der Waals surface area (Å²) >= 11 is 3.54. The first-order valence-electron chi connectivity index (χ1n) is 7.53. The molecule has 0 amide bonds. The zero-order chi connectivity index (χ0) is 17.7. The molecule has 0 unspecified atom stereocenters. The van der Waals surface area contributed by atoms with Crippen molar-refractivity contribution in [3.05, 3.63) is 51.5 Å². The lowest BCUT2D eigenvalue weighted by Gasteiger charge is -2.15. The molecule has 2 aromatic rings. The number of carbonyl (C=O) groups is 1. The van der Waals surface area contributed by atoms with Crippen molar-refractivity contribution in [3.8, 4) is 11.5 Å². The van der Waals surface area contributed by atoms with Crippen LogP contribution in [0, 0.1) is 6.92 Å². The molecule has 0 spiro atoms. The lowest BCUT2D eigenvalue weighted by atomic mass is 10.1. The topological polar surface area (TPSA) is 67.8 Å². The second-order valence-corrected chi connectivity index (χ2v) is 6.07. The Balaban J connectivity index is 2.20. The van der Waals surface area contributed by atoms with Gasteiger partial charge in [-0.05, 0) is 55.3 Å². The molecule has 0 atom stereocenters. The quantitative estimate of drug-likeness (QED) is 0.725. The Morgan fingerprint density at radius 2 is 2.00 bits per heavy atom. The van der Waals surface area contributed by atoms with Gasteiger partial charge in [0.05, 0.1) is 19.3 Å². The molecule has 2 rings (SSSR count). The van der Waals surface area contributed by atoms with Gasteiger partial charge >= 0.3 is 5.97 Å². The third-order valence-corrected chi connectivity index (χ3v) is 4.31. The second-order valence-electron chi connectivity index (χ2n) is 5.22. The molecule has 0 fully saturated rings. The Morgan fingerprint density at radius 1 is 1.25 bits per heavy atom. The van der Waals surface area contributed by atoms with Crippen LogP contribution in [0.4, 0.5) is 5.69 Å². The number of methoxy groups -OCH3 is 1. The zero-order valence-electron chi connectivity index (χ0n) is 13.9. The van der Waals surface area contributed by atoms with Crippen LogP contribution in [0.2, 0.25) is 0 Å². The number of nitrogens with one attached hydrogen (secondary N) is 1. The predicted molar refractivity (Wildman–Crippen MR) is 97.3 cm³/mol. The lowest BCUT2D eigenvalue weighted by molar-refractivity contribution is 0.0697. The van der Waals surface area contributed by atoms with Crippen LogP contribution in [0.25, 0.3) is 0 Å². The molecule has 0 aromatic heterocycles. The number of halogens is 1. The highest BCUT2D eigenvalue weighted by Crippen LogP contribution is 2.34. The molecular formula is C18H20BrNO4. The molecule has 6 heteroatoms. The van der Waals surface area contributed by atoms with Gasteiger partial charge in [-0.1, -0.05) is 15.9 Å². The summed E-state index contributed by atoms with van der Waals surface area (Å²) in [6.07, 6.45) is 0. The van der Waals surface area contributed by atoms with E-state index in [9.17, 15) is 4.79 Å². The number of anilines is 1. The van der Waals surface area contributed by atoms with Crippen LogP contribution in [-0.4, -0.2) is 24.8 Å². The average molecular weight is 394 g/mol. The van der Waals surface area contributed by atoms with Crippen LogP contribution >= 0.6 is 15.9 Å². The molecule has 2 N–H and O–H groups in total. The van der Waals surface area contributed by atoms with Crippen molar-refractivity contribution in [2.75, 3.05) is 19.0 Å². The molecule has 0 aliphatic heterocycles. The number of benzene rings is 2. The van der Waals surface area contributed by atoms with Gasteiger partial charge in [0.25, 0.3) is 0 Å². The maximum atomic E-state index is 11.0. The largest absolute Gasteiger partial charge is 0.493 e. The van der Waals surface area contributed by atoms with Crippen molar-refractivity contribution < 1.29 is 19.4 Å². The molecule has 0 radical (unpaired) electrons. The van der Waals surface area contributed by atoms with Crippen LogP contribution in [0.5, 0.6) is 11.5 Å². The molecule has 24 heavy (non-hydrogen) atoms. The molecular weight excluding hydrogens is 374 g/mol. The lowest BCUT2D eigenvalue weighted by Crippen LogP contribution is -2.05. The number of hydrogen-bond acceptors (Lipinski definition) is 4. The van der Waals surface area contributed by atoms with Crippen LogP contribution < -0.4 is 14.8 Å². The van der Waals surface area contributed by atoms with Gasteiger partial charge in [0.15, 0.2) is 11.5 Å². The van der Waals surface area contributed by atoms with E-state index in [1.54, 1.807) is 25.3 Å². The van der Waals surface area contributed by atoms with Gasteiger partial charge in [0.2, 0.25) is 0 Å². The Morgan fingerprint density at radius 3 is 2.58 bits per heavy atom. The number of ether oxygens (including phenoxy) is 2. The third kappa shape index (κ3) is 4.20. The highest BCUT2D eigenvalue weighted by atomic mass is 79.9. The van der Waals surface area contributed by atoms with Crippen molar-refractivity contribution in [2.45, 2.75) is 20.4 Å². The Kier molecular flexibility index (Phi) is 6.09. The first-order chi connectivity index (χ1) is 11.5. The summed E-state index contributed by atoms with van der Waals surface area (Å²) in [4.78, 5) is 11.0. The standard InChI is InChI=1S/C18H20BrNO4/c1-4-24-17-8-13(14(19)9-16(17)23-3)10-20-15-6-5-12(18(21)22)7-11(15)2/h5-9,20H,4,10H2,1-3H3,(H,21,22). The Bertz CT molecular complexity index is 746. The third-order valence-electron chi connectivity index (χ3n) is 3.58. The van der Waals surface area contributed by atoms with E-state index in [0.717, 1.165) is 21.3 Å². The maximum Gasteiger partial charge on any atom is 0.335 e. The number of aromatic carboxylic acids is 1. The molecule has 0 bridgehead atoms. The molecule has 5 nitrogen and oxygen atoms in total. The molecule has 0 heterocycles. The summed E-state index contributed by atoms with van der Waals surface area (Å²) in [5.41, 5.74) is 3.06. The minimum Gasteiger partial charge on any atom is -0.493 e. The molecule has 128 valence electrons. The number of aryl methyl sites for hydroxylation is 1. The summed E-state index contributed by atoms with van der Waals surface area (Å²) in [6, 6.07) is 8.83. The summed E-state index contributed by atoms with van der Waals surface area (Å²) in [6.45, 7) is 4.93. The van der Waals surface area contributed by atoms with E-state index in [4.69, 9.17) is 14.6 Å². The summed E-state index contributed by atoms with van der Waals surface area (Å²) in [7, 11) is 1.61. The number of carboxylic acid groups (broad SMARTS) is 1. The zero-order valence-corrected chi connectivity index (χ0v) is 15.4. The molecule has 2 aromatic carbocycles. The highest BCUT2D eigenvalue weighted by molar-refractivity contribution is 9.10. The predicted octanol–water partition coefficient (Wildman–Crippen LogP) is 4.48. The normalized spacial score (nSPS) is 10.3. The van der Waals surface area contributed by atoms with Crippen LogP contribution in [0.3, 0.4) is 0 Å². The number of carboxylic acids is 1. The number of hydrogen-bond donors (Lipinski definition) is 2. The second kappa shape index (κ2) is 8.06. The fourth-order valence-corrected chi connectivity index (χ4v) is 2.79. The smallest absolute Gasteiger partial charge is 0.335 e. The van der Waals surface area contributed by atoms with E-state index >= 15 is 0 Å². The fourth-order valence-electron chi connectivity index (χ4n) is 2.33. The van der Waals surface area contributed by atoms with Gasteiger partial charge in [-0.25, -0.2) is 4.79 Å². The summed E-state index contributed by atoms with van der Waals surface area (Å²) < 4.78 is 11.8. The van der Waals surface area contributed by atoms with E-state index in [0.29, 0.717) is 24.7 Å². The highest BCUT2D eigenvalue weighted by Gasteiger charge is 2.11. The Hall–Kier alpha value is -2.21. The van der Waals surface area contributed by atoms with E-state index < -0.39 is 5.97 Å². The van der Waals surface area contributed by atoms with Crippen molar-refractivity contribution in [1.29, 1.82) is 0 Å². The van der Waals surface area contributed by atoms with Crippen LogP contribution in [0.1, 0.15) is 28.4 Å². The van der Waals surface area contributed by atoms with Crippen molar-refractivity contribution in [2.24, 2.45) is 0 Å². The molecule has 0 saturated carbocycles. The monoisotopic (exact) mass is 393 g/mol. The summed E-state index contributed by atoms with van der Waals surface area (Å²) in [5, 5.41) is 12.3. The van der Waals surface area contributed by atoms with Gasteiger partial charge in [0, 0.05) is 16.7 Å². The van der Waals surface area contributed by atoms with E-state index in [2.05, 4.69) is 21.2 Å². The van der Waals surface area contributed by atoms with Crippen LogP contribution in [-0.2, 0) is 6.54 Å². The van der Waals surface area contributed by atoms with Gasteiger partial charge in [-0.2, -0.15) is 0 Å². The van der Waals surface area contributed by atoms with Gasteiger partial charge in [-0.3, -0.25) is 0 Å². The van der Waals surface area contributed by atoms with Gasteiger partial charge in [0.1, 0.15) is 0 Å². The molecule has 0 aliphatic carbocycles. The Labute approximate surface area is 149 Å². The first kappa shape index (κ1) is 18.1. The maximum absolute atomic E-state index is 11.0. The van der Waals surface area contributed by atoms with Crippen molar-refractivity contribution in [1.82, 2.24) is 0 Å². The van der Waals surface area contributed by atoms with Crippen LogP contribution in [0.15, 0.2) is 34.8 Å². The summed E-state index contributed by atoms with van der Waals surface area (Å²) in [5.74, 6) is 0.441. The van der Waals surface area contributed by atoms with Crippen molar-refractivity contribution >= 4 is 27.6 Å². The van der Waals surface area contributed by atoms with E-state index in [1.165, 1.54) is 0 Å². The minimum atomic E-state index is -0.927. The molecule has 0 saturated heterocycles. The van der Waals surface area contributed by atoms with Gasteiger partial charge < -0.3 is 19.9 Å². The SMILES string of the molecule is CCOc1cc(CNc2ccc(C(=O)O)cc2C)c(Br)cc1OC. The minimum absolute atomic E-state index is 0.280. The average Bonchev–Trinajstić information content (AvgIpc) is 2.55. The van der Waals surface area contributed by atoms with Crippen molar-refractivity contribution in [3.63, 3.8) is 0 Å². The fraction of sp³-hybridized carbons (Fsp3) is 0.278. The molecule has 0 aliphatic rings.